The molecule has 0 spiro atoms. The first-order valence-electron chi connectivity index (χ1n) is 8.48. The average Bonchev–Trinajstić information content (AvgIpc) is 2.95. The molecule has 3 amide bonds. The number of carbonyl (C=O) groups excluding carboxylic acids is 2. The number of nitrogens with one attached hydrogen (secondary N) is 2. The van der Waals surface area contributed by atoms with Crippen LogP contribution in [0.4, 0.5) is 16.2 Å². The quantitative estimate of drug-likeness (QED) is 0.846. The summed E-state index contributed by atoms with van der Waals surface area (Å²) in [5.41, 5.74) is 2.62. The molecule has 0 aliphatic rings. The first-order chi connectivity index (χ1) is 12.0. The van der Waals surface area contributed by atoms with E-state index in [1.54, 1.807) is 40.0 Å². The second-order valence-corrected chi connectivity index (χ2v) is 5.65. The lowest BCUT2D eigenvalue weighted by Gasteiger charge is -2.19. The van der Waals surface area contributed by atoms with Crippen LogP contribution < -0.4 is 10.6 Å². The number of anilines is 2. The topological polar surface area (TPSA) is 79.3 Å². The van der Waals surface area contributed by atoms with E-state index in [0.29, 0.717) is 30.0 Å². The monoisotopic (exact) mass is 343 g/mol. The second kappa shape index (κ2) is 8.32. The van der Waals surface area contributed by atoms with Gasteiger partial charge in [-0.25, -0.2) is 4.79 Å². The van der Waals surface area contributed by atoms with Gasteiger partial charge in [0.2, 0.25) is 0 Å². The molecule has 1 aromatic carbocycles. The maximum Gasteiger partial charge on any atom is 0.323 e. The maximum absolute atomic E-state index is 12.4. The normalized spacial score (nSPS) is 10.4. The largest absolute Gasteiger partial charge is 0.339 e. The third-order valence-corrected chi connectivity index (χ3v) is 3.91. The minimum absolute atomic E-state index is 0.0467. The molecule has 134 valence electrons. The third kappa shape index (κ3) is 4.59. The molecule has 1 aromatic heterocycles. The predicted molar refractivity (Wildman–Crippen MR) is 98.9 cm³/mol. The Hall–Kier alpha value is -2.83. The molecule has 0 saturated carbocycles. The fourth-order valence-corrected chi connectivity index (χ4v) is 2.61. The van der Waals surface area contributed by atoms with Crippen molar-refractivity contribution >= 4 is 23.3 Å². The number of aromatic nitrogens is 2. The second-order valence-electron chi connectivity index (χ2n) is 5.65. The van der Waals surface area contributed by atoms with E-state index in [4.69, 9.17) is 0 Å². The van der Waals surface area contributed by atoms with E-state index < -0.39 is 0 Å². The van der Waals surface area contributed by atoms with Crippen LogP contribution in [0.15, 0.2) is 30.5 Å². The Morgan fingerprint density at radius 2 is 1.88 bits per heavy atom. The number of aryl methyl sites for hydroxylation is 2. The van der Waals surface area contributed by atoms with Crippen molar-refractivity contribution in [3.8, 4) is 0 Å². The van der Waals surface area contributed by atoms with E-state index in [1.807, 2.05) is 27.8 Å². The fraction of sp³-hybridized carbons (Fsp3) is 0.389. The zero-order chi connectivity index (χ0) is 18.4. The number of rotatable bonds is 6. The molecule has 25 heavy (non-hydrogen) atoms. The van der Waals surface area contributed by atoms with Gasteiger partial charge in [-0.2, -0.15) is 5.10 Å². The smallest absolute Gasteiger partial charge is 0.323 e. The Bertz CT molecular complexity index is 750. The molecule has 0 fully saturated rings. The van der Waals surface area contributed by atoms with Gasteiger partial charge in [0.25, 0.3) is 5.91 Å². The lowest BCUT2D eigenvalue weighted by molar-refractivity contribution is 0.0773. The molecule has 0 atom stereocenters. The Morgan fingerprint density at radius 1 is 1.16 bits per heavy atom. The highest BCUT2D eigenvalue weighted by molar-refractivity contribution is 6.01. The van der Waals surface area contributed by atoms with Crippen LogP contribution >= 0.6 is 0 Å². The molecule has 2 rings (SSSR count). The van der Waals surface area contributed by atoms with Gasteiger partial charge in [0.15, 0.2) is 0 Å². The van der Waals surface area contributed by atoms with Crippen LogP contribution in [-0.2, 0) is 13.5 Å². The molecule has 2 aromatic rings. The van der Waals surface area contributed by atoms with Crippen LogP contribution in [-0.4, -0.2) is 39.7 Å². The molecular formula is C18H25N5O2. The lowest BCUT2D eigenvalue weighted by atomic mass is 10.1. The Kier molecular flexibility index (Phi) is 6.16. The van der Waals surface area contributed by atoms with E-state index in [0.717, 1.165) is 12.1 Å². The number of hydrogen-bond acceptors (Lipinski definition) is 3. The van der Waals surface area contributed by atoms with Crippen LogP contribution in [0.25, 0.3) is 0 Å². The summed E-state index contributed by atoms with van der Waals surface area (Å²) in [6.07, 6.45) is 2.49. The first kappa shape index (κ1) is 18.5. The van der Waals surface area contributed by atoms with Crippen LogP contribution in [0.3, 0.4) is 0 Å². The zero-order valence-electron chi connectivity index (χ0n) is 15.2. The predicted octanol–water partition coefficient (Wildman–Crippen LogP) is 3.11. The van der Waals surface area contributed by atoms with Crippen LogP contribution in [0.2, 0.25) is 0 Å². The summed E-state index contributed by atoms with van der Waals surface area (Å²) in [6, 6.07) is 6.58. The van der Waals surface area contributed by atoms with Crippen molar-refractivity contribution in [2.75, 3.05) is 23.7 Å². The maximum atomic E-state index is 12.4. The number of amides is 3. The molecule has 0 bridgehead atoms. The summed E-state index contributed by atoms with van der Waals surface area (Å²) in [6.45, 7) is 7.16. The van der Waals surface area contributed by atoms with Crippen molar-refractivity contribution in [3.63, 3.8) is 0 Å². The van der Waals surface area contributed by atoms with Crippen molar-refractivity contribution in [2.24, 2.45) is 7.05 Å². The summed E-state index contributed by atoms with van der Waals surface area (Å²) in [5.74, 6) is -0.0467. The van der Waals surface area contributed by atoms with Gasteiger partial charge in [-0.15, -0.1) is 0 Å². The third-order valence-electron chi connectivity index (χ3n) is 3.91. The molecule has 0 saturated heterocycles. The van der Waals surface area contributed by atoms with Crippen LogP contribution in [0.5, 0.6) is 0 Å². The molecule has 7 heteroatoms. The molecule has 2 N–H and O–H groups in total. The van der Waals surface area contributed by atoms with E-state index in [9.17, 15) is 9.59 Å². The van der Waals surface area contributed by atoms with Crippen molar-refractivity contribution in [1.29, 1.82) is 0 Å². The summed E-state index contributed by atoms with van der Waals surface area (Å²) in [4.78, 5) is 26.4. The highest BCUT2D eigenvalue weighted by Gasteiger charge is 2.14. The van der Waals surface area contributed by atoms with Gasteiger partial charge in [-0.3, -0.25) is 9.48 Å². The molecule has 7 nitrogen and oxygen atoms in total. The van der Waals surface area contributed by atoms with Crippen molar-refractivity contribution < 1.29 is 9.59 Å². The molecular weight excluding hydrogens is 318 g/mol. The molecule has 1 heterocycles. The molecule has 0 aliphatic heterocycles. The van der Waals surface area contributed by atoms with Crippen molar-refractivity contribution in [1.82, 2.24) is 14.7 Å². The molecule has 0 unspecified atom stereocenters. The Balaban J connectivity index is 2.08. The highest BCUT2D eigenvalue weighted by Crippen LogP contribution is 2.16. The number of hydrogen-bond donors (Lipinski definition) is 2. The van der Waals surface area contributed by atoms with Gasteiger partial charge in [0.05, 0.1) is 11.4 Å². The van der Waals surface area contributed by atoms with Crippen LogP contribution in [0.1, 0.15) is 36.8 Å². The highest BCUT2D eigenvalue weighted by atomic mass is 16.2. The molecule has 0 aliphatic carbocycles. The standard InChI is InChI=1S/C18H25N5O2/c1-5-15-16(12-22(4)21-15)20-18(25)19-14-10-8-9-13(11-14)17(24)23(6-2)7-3/h8-12H,5-7H2,1-4H3,(H2,19,20,25). The van der Waals surface area contributed by atoms with E-state index in [2.05, 4.69) is 15.7 Å². The minimum atomic E-state index is -0.366. The average molecular weight is 343 g/mol. The van der Waals surface area contributed by atoms with Crippen molar-refractivity contribution in [2.45, 2.75) is 27.2 Å². The summed E-state index contributed by atoms with van der Waals surface area (Å²) in [7, 11) is 1.81. The minimum Gasteiger partial charge on any atom is -0.339 e. The summed E-state index contributed by atoms with van der Waals surface area (Å²) >= 11 is 0. The number of carbonyl (C=O) groups is 2. The molecule has 0 radical (unpaired) electrons. The van der Waals surface area contributed by atoms with Crippen molar-refractivity contribution in [3.05, 3.63) is 41.7 Å². The van der Waals surface area contributed by atoms with Gasteiger partial charge in [-0.1, -0.05) is 13.0 Å². The van der Waals surface area contributed by atoms with E-state index >= 15 is 0 Å². The fourth-order valence-electron chi connectivity index (χ4n) is 2.61. The van der Waals surface area contributed by atoms with E-state index in [-0.39, 0.29) is 11.9 Å². The Morgan fingerprint density at radius 3 is 2.52 bits per heavy atom. The van der Waals surface area contributed by atoms with Gasteiger partial charge in [0, 0.05) is 37.6 Å². The van der Waals surface area contributed by atoms with Gasteiger partial charge in [0.1, 0.15) is 0 Å². The van der Waals surface area contributed by atoms with Gasteiger partial charge >= 0.3 is 6.03 Å². The van der Waals surface area contributed by atoms with E-state index in [1.165, 1.54) is 0 Å². The summed E-state index contributed by atoms with van der Waals surface area (Å²) < 4.78 is 1.66. The van der Waals surface area contributed by atoms with Gasteiger partial charge < -0.3 is 15.5 Å². The summed E-state index contributed by atoms with van der Waals surface area (Å²) in [5, 5.41) is 9.85. The lowest BCUT2D eigenvalue weighted by Crippen LogP contribution is -2.30. The SMILES string of the molecule is CCc1nn(C)cc1NC(=O)Nc1cccc(C(=O)N(CC)CC)c1. The first-order valence-corrected chi connectivity index (χ1v) is 8.48. The number of benzene rings is 1. The Labute approximate surface area is 148 Å². The number of nitrogens with zero attached hydrogens (tertiary/aromatic N) is 3. The zero-order valence-corrected chi connectivity index (χ0v) is 15.2. The van der Waals surface area contributed by atoms with Crippen LogP contribution in [0, 0.1) is 0 Å². The van der Waals surface area contributed by atoms with Gasteiger partial charge in [-0.05, 0) is 38.5 Å². The number of urea groups is 1.